The van der Waals surface area contributed by atoms with Crippen molar-refractivity contribution in [2.24, 2.45) is 0 Å². The Morgan fingerprint density at radius 1 is 1.21 bits per heavy atom. The molecule has 0 aromatic heterocycles. The number of carbonyl (C=O) groups is 1. The first-order valence-electron chi connectivity index (χ1n) is 6.20. The Morgan fingerprint density at radius 2 is 1.68 bits per heavy atom. The number of benzene rings is 1. The topological polar surface area (TPSA) is 20.3 Å². The molecule has 0 aliphatic heterocycles. The first kappa shape index (κ1) is 15.3. The fourth-order valence-electron chi connectivity index (χ4n) is 1.94. The molecule has 0 aliphatic carbocycles. The van der Waals surface area contributed by atoms with Crippen LogP contribution in [0.3, 0.4) is 0 Å². The summed E-state index contributed by atoms with van der Waals surface area (Å²) in [5.74, 6) is -0.389. The lowest BCUT2D eigenvalue weighted by Gasteiger charge is -2.36. The Hall–Kier alpha value is -1.74. The number of halogens is 1. The second-order valence-electron chi connectivity index (χ2n) is 4.88. The molecule has 2 nitrogen and oxygen atoms in total. The van der Waals surface area contributed by atoms with Crippen molar-refractivity contribution in [3.8, 4) is 0 Å². The molecule has 0 heterocycles. The first-order chi connectivity index (χ1) is 8.93. The van der Waals surface area contributed by atoms with Crippen molar-refractivity contribution in [1.29, 1.82) is 0 Å². The maximum atomic E-state index is 12.9. The zero-order chi connectivity index (χ0) is 14.5. The molecule has 3 heteroatoms. The van der Waals surface area contributed by atoms with Crippen molar-refractivity contribution < 1.29 is 9.18 Å². The van der Waals surface area contributed by atoms with Crippen LogP contribution in [0.5, 0.6) is 0 Å². The molecule has 0 atom stereocenters. The van der Waals surface area contributed by atoms with E-state index in [0.717, 1.165) is 0 Å². The van der Waals surface area contributed by atoms with Crippen LogP contribution in [-0.4, -0.2) is 29.3 Å². The third kappa shape index (κ3) is 3.61. The maximum Gasteiger partial charge on any atom is 0.182 e. The van der Waals surface area contributed by atoms with Gasteiger partial charge >= 0.3 is 0 Å². The molecule has 102 valence electrons. The van der Waals surface area contributed by atoms with E-state index < -0.39 is 5.54 Å². The second kappa shape index (κ2) is 6.43. The number of rotatable bonds is 7. The van der Waals surface area contributed by atoms with E-state index in [0.29, 0.717) is 18.7 Å². The van der Waals surface area contributed by atoms with Crippen LogP contribution in [0.4, 0.5) is 4.39 Å². The standard InChI is InChI=1S/C16H20FNO/c1-5-11-18(12-6-2)16(3,4)15(19)13-7-9-14(17)10-8-13/h5-10H,1-2,11-12H2,3-4H3. The summed E-state index contributed by atoms with van der Waals surface area (Å²) in [6.07, 6.45) is 3.51. The van der Waals surface area contributed by atoms with Crippen LogP contribution in [-0.2, 0) is 0 Å². The average molecular weight is 261 g/mol. The molecule has 0 saturated heterocycles. The fraction of sp³-hybridized carbons (Fsp3) is 0.312. The number of hydrogen-bond acceptors (Lipinski definition) is 2. The summed E-state index contributed by atoms with van der Waals surface area (Å²) in [7, 11) is 0. The molecule has 0 spiro atoms. The summed E-state index contributed by atoms with van der Waals surface area (Å²) in [6.45, 7) is 12.3. The highest BCUT2D eigenvalue weighted by Crippen LogP contribution is 2.21. The number of Topliss-reactive ketones (excluding diaryl/α,β-unsaturated/α-hetero) is 1. The van der Waals surface area contributed by atoms with Gasteiger partial charge in [-0.1, -0.05) is 12.2 Å². The molecule has 0 radical (unpaired) electrons. The Morgan fingerprint density at radius 3 is 2.11 bits per heavy atom. The Balaban J connectivity index is 3.02. The van der Waals surface area contributed by atoms with Gasteiger partial charge in [0.2, 0.25) is 0 Å². The summed E-state index contributed by atoms with van der Waals surface area (Å²) >= 11 is 0. The lowest BCUT2D eigenvalue weighted by molar-refractivity contribution is 0.0700. The zero-order valence-corrected chi connectivity index (χ0v) is 11.5. The highest BCUT2D eigenvalue weighted by atomic mass is 19.1. The van der Waals surface area contributed by atoms with Crippen LogP contribution in [0.15, 0.2) is 49.6 Å². The second-order valence-corrected chi connectivity index (χ2v) is 4.88. The van der Waals surface area contributed by atoms with Gasteiger partial charge in [-0.25, -0.2) is 4.39 Å². The monoisotopic (exact) mass is 261 g/mol. The molecule has 0 saturated carbocycles. The number of ketones is 1. The fourth-order valence-corrected chi connectivity index (χ4v) is 1.94. The first-order valence-corrected chi connectivity index (χ1v) is 6.20. The number of nitrogens with zero attached hydrogens (tertiary/aromatic N) is 1. The molecule has 1 aromatic carbocycles. The van der Waals surface area contributed by atoms with Gasteiger partial charge in [-0.15, -0.1) is 13.2 Å². The summed E-state index contributed by atoms with van der Waals surface area (Å²) in [6, 6.07) is 5.63. The summed E-state index contributed by atoms with van der Waals surface area (Å²) in [5, 5.41) is 0. The van der Waals surface area contributed by atoms with Crippen molar-refractivity contribution in [2.75, 3.05) is 13.1 Å². The third-order valence-electron chi connectivity index (χ3n) is 3.15. The van der Waals surface area contributed by atoms with Crippen molar-refractivity contribution in [3.05, 3.63) is 61.0 Å². The van der Waals surface area contributed by atoms with Gasteiger partial charge in [0.05, 0.1) is 5.54 Å². The van der Waals surface area contributed by atoms with Crippen molar-refractivity contribution in [3.63, 3.8) is 0 Å². The van der Waals surface area contributed by atoms with E-state index in [1.54, 1.807) is 12.2 Å². The number of carbonyl (C=O) groups excluding carboxylic acids is 1. The van der Waals surface area contributed by atoms with E-state index in [2.05, 4.69) is 13.2 Å². The predicted octanol–water partition coefficient (Wildman–Crippen LogP) is 3.46. The SMILES string of the molecule is C=CCN(CC=C)C(C)(C)C(=O)c1ccc(F)cc1. The van der Waals surface area contributed by atoms with Crippen LogP contribution < -0.4 is 0 Å². The van der Waals surface area contributed by atoms with Gasteiger partial charge < -0.3 is 0 Å². The average Bonchev–Trinajstić information content (AvgIpc) is 2.38. The van der Waals surface area contributed by atoms with E-state index in [4.69, 9.17) is 0 Å². The number of hydrogen-bond donors (Lipinski definition) is 0. The normalized spacial score (nSPS) is 11.4. The molecule has 0 bridgehead atoms. The van der Waals surface area contributed by atoms with E-state index in [1.165, 1.54) is 24.3 Å². The summed E-state index contributed by atoms with van der Waals surface area (Å²) < 4.78 is 12.9. The smallest absolute Gasteiger partial charge is 0.182 e. The summed E-state index contributed by atoms with van der Waals surface area (Å²) in [5.41, 5.74) is -0.190. The largest absolute Gasteiger partial charge is 0.292 e. The minimum atomic E-state index is -0.694. The minimum Gasteiger partial charge on any atom is -0.292 e. The van der Waals surface area contributed by atoms with Crippen LogP contribution in [0, 0.1) is 5.82 Å². The highest BCUT2D eigenvalue weighted by molar-refractivity contribution is 6.02. The van der Waals surface area contributed by atoms with Crippen LogP contribution in [0.1, 0.15) is 24.2 Å². The summed E-state index contributed by atoms with van der Waals surface area (Å²) in [4.78, 5) is 14.5. The van der Waals surface area contributed by atoms with Gasteiger partial charge in [-0.3, -0.25) is 9.69 Å². The molecule has 0 aliphatic rings. The van der Waals surface area contributed by atoms with E-state index in [9.17, 15) is 9.18 Å². The molecule has 19 heavy (non-hydrogen) atoms. The highest BCUT2D eigenvalue weighted by Gasteiger charge is 2.33. The Bertz CT molecular complexity index is 452. The zero-order valence-electron chi connectivity index (χ0n) is 11.5. The molecular weight excluding hydrogens is 241 g/mol. The van der Waals surface area contributed by atoms with Crippen molar-refractivity contribution in [1.82, 2.24) is 4.90 Å². The molecule has 0 amide bonds. The molecular formula is C16H20FNO. The van der Waals surface area contributed by atoms with E-state index >= 15 is 0 Å². The van der Waals surface area contributed by atoms with Gasteiger partial charge in [0.25, 0.3) is 0 Å². The van der Waals surface area contributed by atoms with Crippen LogP contribution >= 0.6 is 0 Å². The molecule has 0 unspecified atom stereocenters. The van der Waals surface area contributed by atoms with Gasteiger partial charge in [0.15, 0.2) is 5.78 Å². The Kier molecular flexibility index (Phi) is 5.19. The van der Waals surface area contributed by atoms with Crippen molar-refractivity contribution in [2.45, 2.75) is 19.4 Å². The van der Waals surface area contributed by atoms with Gasteiger partial charge in [0, 0.05) is 18.7 Å². The Labute approximate surface area is 114 Å². The van der Waals surface area contributed by atoms with E-state index in [-0.39, 0.29) is 11.6 Å². The van der Waals surface area contributed by atoms with Crippen molar-refractivity contribution >= 4 is 5.78 Å². The van der Waals surface area contributed by atoms with Crippen LogP contribution in [0.2, 0.25) is 0 Å². The molecule has 1 aromatic rings. The quantitative estimate of drug-likeness (QED) is 0.553. The predicted molar refractivity (Wildman–Crippen MR) is 76.8 cm³/mol. The lowest BCUT2D eigenvalue weighted by Crippen LogP contribution is -2.50. The minimum absolute atomic E-state index is 0.0452. The molecule has 1 rings (SSSR count). The maximum absolute atomic E-state index is 12.9. The van der Waals surface area contributed by atoms with E-state index in [1.807, 2.05) is 18.7 Å². The van der Waals surface area contributed by atoms with Gasteiger partial charge in [-0.2, -0.15) is 0 Å². The molecule has 0 N–H and O–H groups in total. The van der Waals surface area contributed by atoms with Crippen LogP contribution in [0.25, 0.3) is 0 Å². The van der Waals surface area contributed by atoms with Gasteiger partial charge in [0.1, 0.15) is 5.82 Å². The molecule has 0 fully saturated rings. The lowest BCUT2D eigenvalue weighted by atomic mass is 9.91. The third-order valence-corrected chi connectivity index (χ3v) is 3.15. The van der Waals surface area contributed by atoms with Gasteiger partial charge in [-0.05, 0) is 38.1 Å².